The van der Waals surface area contributed by atoms with Crippen LogP contribution in [0, 0.1) is 0 Å². The minimum atomic E-state index is -0.258. The molecule has 16 heavy (non-hydrogen) atoms. The molecule has 1 aromatic carbocycles. The van der Waals surface area contributed by atoms with Gasteiger partial charge in [-0.15, -0.1) is 0 Å². The lowest BCUT2D eigenvalue weighted by atomic mass is 10.0. The fourth-order valence-corrected chi connectivity index (χ4v) is 1.51. The second-order valence-electron chi connectivity index (χ2n) is 3.78. The molecule has 90 valence electrons. The van der Waals surface area contributed by atoms with Gasteiger partial charge in [-0.25, -0.2) is 0 Å². The van der Waals surface area contributed by atoms with Gasteiger partial charge < -0.3 is 20.9 Å². The van der Waals surface area contributed by atoms with E-state index in [0.717, 1.165) is 11.1 Å². The number of methoxy groups -OCH3 is 2. The fourth-order valence-electron chi connectivity index (χ4n) is 1.51. The van der Waals surface area contributed by atoms with Crippen LogP contribution < -0.4 is 11.5 Å². The van der Waals surface area contributed by atoms with Crippen LogP contribution in [0.25, 0.3) is 0 Å². The molecule has 4 N–H and O–H groups in total. The monoisotopic (exact) mass is 224 g/mol. The molecule has 0 aliphatic heterocycles. The maximum atomic E-state index is 5.71. The summed E-state index contributed by atoms with van der Waals surface area (Å²) in [5, 5.41) is 0. The van der Waals surface area contributed by atoms with Crippen LogP contribution in [0.1, 0.15) is 11.1 Å². The van der Waals surface area contributed by atoms with Crippen molar-refractivity contribution in [1.82, 2.24) is 0 Å². The van der Waals surface area contributed by atoms with Gasteiger partial charge in [-0.1, -0.05) is 24.3 Å². The number of hydrogen-bond donors (Lipinski definition) is 2. The highest BCUT2D eigenvalue weighted by atomic mass is 16.5. The van der Waals surface area contributed by atoms with E-state index in [1.165, 1.54) is 0 Å². The molecular formula is C12H20N2O2. The topological polar surface area (TPSA) is 70.5 Å². The first kappa shape index (κ1) is 13.1. The molecule has 0 aliphatic carbocycles. The van der Waals surface area contributed by atoms with Gasteiger partial charge in [0, 0.05) is 27.1 Å². The summed E-state index contributed by atoms with van der Waals surface area (Å²) in [7, 11) is 3.21. The molecule has 0 spiro atoms. The molecule has 0 aliphatic rings. The van der Waals surface area contributed by atoms with Crippen LogP contribution in [0.5, 0.6) is 0 Å². The molecule has 0 bridgehead atoms. The Morgan fingerprint density at radius 3 is 1.81 bits per heavy atom. The molecule has 1 rings (SSSR count). The van der Waals surface area contributed by atoms with Gasteiger partial charge in [0.1, 0.15) is 12.5 Å². The van der Waals surface area contributed by atoms with Crippen molar-refractivity contribution in [3.63, 3.8) is 0 Å². The first-order valence-corrected chi connectivity index (χ1v) is 5.30. The Morgan fingerprint density at radius 2 is 1.44 bits per heavy atom. The molecular weight excluding hydrogens is 204 g/mol. The van der Waals surface area contributed by atoms with Crippen LogP contribution in [0.2, 0.25) is 0 Å². The smallest absolute Gasteiger partial charge is 0.109 e. The maximum Gasteiger partial charge on any atom is 0.109 e. The molecule has 4 heteroatoms. The number of hydrogen-bond acceptors (Lipinski definition) is 4. The van der Waals surface area contributed by atoms with Crippen LogP contribution in [0.15, 0.2) is 24.3 Å². The van der Waals surface area contributed by atoms with Crippen molar-refractivity contribution >= 4 is 0 Å². The van der Waals surface area contributed by atoms with E-state index in [-0.39, 0.29) is 12.5 Å². The summed E-state index contributed by atoms with van der Waals surface area (Å²) < 4.78 is 10.0. The zero-order valence-corrected chi connectivity index (χ0v) is 9.85. The maximum absolute atomic E-state index is 5.71. The quantitative estimate of drug-likeness (QED) is 0.695. The van der Waals surface area contributed by atoms with E-state index in [4.69, 9.17) is 20.9 Å². The summed E-state index contributed by atoms with van der Waals surface area (Å²) >= 11 is 0. The molecule has 0 fully saturated rings. The van der Waals surface area contributed by atoms with Gasteiger partial charge >= 0.3 is 0 Å². The molecule has 0 radical (unpaired) electrons. The van der Waals surface area contributed by atoms with E-state index in [2.05, 4.69) is 6.07 Å². The van der Waals surface area contributed by atoms with Gasteiger partial charge in [-0.05, 0) is 11.1 Å². The minimum Gasteiger partial charge on any atom is -0.366 e. The van der Waals surface area contributed by atoms with E-state index in [9.17, 15) is 0 Å². The van der Waals surface area contributed by atoms with Gasteiger partial charge in [0.15, 0.2) is 0 Å². The zero-order valence-electron chi connectivity index (χ0n) is 9.85. The van der Waals surface area contributed by atoms with Gasteiger partial charge in [0.05, 0.1) is 0 Å². The first-order valence-electron chi connectivity index (χ1n) is 5.30. The predicted octanol–water partition coefficient (Wildman–Crippen LogP) is 0.634. The predicted molar refractivity (Wildman–Crippen MR) is 63.8 cm³/mol. The molecule has 0 amide bonds. The normalized spacial score (nSPS) is 14.8. The molecule has 0 heterocycles. The number of ether oxygens (including phenoxy) is 2. The van der Waals surface area contributed by atoms with E-state index < -0.39 is 0 Å². The molecule has 1 aromatic rings. The number of benzene rings is 1. The Balaban J connectivity index is 2.63. The molecule has 0 saturated carbocycles. The third-order valence-corrected chi connectivity index (χ3v) is 2.47. The largest absolute Gasteiger partial charge is 0.366 e. The van der Waals surface area contributed by atoms with Crippen molar-refractivity contribution in [1.29, 1.82) is 0 Å². The van der Waals surface area contributed by atoms with Crippen molar-refractivity contribution in [3.05, 3.63) is 35.4 Å². The van der Waals surface area contributed by atoms with Crippen LogP contribution in [-0.4, -0.2) is 26.7 Å². The highest BCUT2D eigenvalue weighted by molar-refractivity contribution is 5.24. The van der Waals surface area contributed by atoms with Crippen molar-refractivity contribution in [2.45, 2.75) is 25.3 Å². The Morgan fingerprint density at radius 1 is 1.00 bits per heavy atom. The zero-order chi connectivity index (χ0) is 12.0. The molecule has 4 nitrogen and oxygen atoms in total. The summed E-state index contributed by atoms with van der Waals surface area (Å²) in [6.45, 7) is 0. The minimum absolute atomic E-state index is 0.258. The second-order valence-corrected chi connectivity index (χ2v) is 3.78. The number of rotatable bonds is 6. The van der Waals surface area contributed by atoms with Crippen LogP contribution >= 0.6 is 0 Å². The molecule has 0 aromatic heterocycles. The lowest BCUT2D eigenvalue weighted by molar-refractivity contribution is 0.108. The Bertz CT molecular complexity index is 290. The molecule has 0 saturated heterocycles. The van der Waals surface area contributed by atoms with Gasteiger partial charge in [-0.3, -0.25) is 0 Å². The van der Waals surface area contributed by atoms with Crippen LogP contribution in [0.3, 0.4) is 0 Å². The molecule has 2 atom stereocenters. The second kappa shape index (κ2) is 6.60. The van der Waals surface area contributed by atoms with Gasteiger partial charge in [-0.2, -0.15) is 0 Å². The summed E-state index contributed by atoms with van der Waals surface area (Å²) in [4.78, 5) is 0. The number of nitrogens with two attached hydrogens (primary N) is 2. The fraction of sp³-hybridized carbons (Fsp3) is 0.500. The summed E-state index contributed by atoms with van der Waals surface area (Å²) in [6, 6.07) is 8.13. The average Bonchev–Trinajstić information content (AvgIpc) is 2.29. The van der Waals surface area contributed by atoms with E-state index in [1.54, 1.807) is 14.2 Å². The first-order chi connectivity index (χ1) is 7.65. The highest BCUT2D eigenvalue weighted by Gasteiger charge is 2.05. The third kappa shape index (κ3) is 4.28. The molecule has 2 unspecified atom stereocenters. The van der Waals surface area contributed by atoms with Crippen molar-refractivity contribution in [2.75, 3.05) is 14.2 Å². The van der Waals surface area contributed by atoms with E-state index in [0.29, 0.717) is 12.8 Å². The highest BCUT2D eigenvalue weighted by Crippen LogP contribution is 2.09. The van der Waals surface area contributed by atoms with Crippen molar-refractivity contribution in [3.8, 4) is 0 Å². The van der Waals surface area contributed by atoms with Gasteiger partial charge in [0.25, 0.3) is 0 Å². The Labute approximate surface area is 96.5 Å². The Kier molecular flexibility index (Phi) is 5.42. The van der Waals surface area contributed by atoms with Crippen LogP contribution in [-0.2, 0) is 22.3 Å². The summed E-state index contributed by atoms with van der Waals surface area (Å²) in [5.41, 5.74) is 13.7. The van der Waals surface area contributed by atoms with E-state index >= 15 is 0 Å². The van der Waals surface area contributed by atoms with Crippen molar-refractivity contribution in [2.24, 2.45) is 11.5 Å². The Hall–Kier alpha value is -0.940. The lowest BCUT2D eigenvalue weighted by Gasteiger charge is -2.12. The van der Waals surface area contributed by atoms with Gasteiger partial charge in [0.2, 0.25) is 0 Å². The average molecular weight is 224 g/mol. The third-order valence-electron chi connectivity index (χ3n) is 2.47. The lowest BCUT2D eigenvalue weighted by Crippen LogP contribution is -2.25. The van der Waals surface area contributed by atoms with Crippen LogP contribution in [0.4, 0.5) is 0 Å². The van der Waals surface area contributed by atoms with E-state index in [1.807, 2.05) is 18.2 Å². The van der Waals surface area contributed by atoms with Crippen molar-refractivity contribution < 1.29 is 9.47 Å². The SMILES string of the molecule is COC(N)Cc1cccc(CC(N)OC)c1. The standard InChI is InChI=1S/C12H20N2O2/c1-15-11(13)7-9-4-3-5-10(6-9)8-12(14)16-2/h3-6,11-12H,7-8,13-14H2,1-2H3. The summed E-state index contributed by atoms with van der Waals surface area (Å²) in [6.07, 6.45) is 0.886. The summed E-state index contributed by atoms with van der Waals surface area (Å²) in [5.74, 6) is 0.